The minimum Gasteiger partial charge on any atom is -0.481 e. The van der Waals surface area contributed by atoms with E-state index in [1.807, 2.05) is 0 Å². The molecule has 8 nitrogen and oxygen atoms in total. The van der Waals surface area contributed by atoms with Gasteiger partial charge in [0, 0.05) is 30.3 Å². The average molecular weight is 464 g/mol. The molecule has 0 radical (unpaired) electrons. The van der Waals surface area contributed by atoms with E-state index in [0.29, 0.717) is 12.8 Å². The van der Waals surface area contributed by atoms with E-state index < -0.39 is 47.7 Å². The van der Waals surface area contributed by atoms with E-state index in [9.17, 15) is 37.8 Å². The Labute approximate surface area is 180 Å². The van der Waals surface area contributed by atoms with Gasteiger partial charge in [-0.25, -0.2) is 4.79 Å². The van der Waals surface area contributed by atoms with Gasteiger partial charge in [0.25, 0.3) is 0 Å². The van der Waals surface area contributed by atoms with Crippen LogP contribution in [-0.4, -0.2) is 69.7 Å². The number of benzene rings is 1. The molecule has 3 rings (SSSR count). The first kappa shape index (κ1) is 23.0. The maximum absolute atomic E-state index is 13.1. The Morgan fingerprint density at radius 1 is 1.13 bits per heavy atom. The molecular weight excluding hydrogens is 443 g/mol. The zero-order valence-electron chi connectivity index (χ0n) is 16.2. The number of halogens is 4. The van der Waals surface area contributed by atoms with Crippen LogP contribution in [0.4, 0.5) is 23.7 Å². The number of nitrogens with one attached hydrogen (secondary N) is 1. The Hall–Kier alpha value is -2.69. The highest BCUT2D eigenvalue weighted by Gasteiger charge is 2.43. The minimum atomic E-state index is -4.61. The standard InChI is InChI=1S/C19H21ClF3N3O5/c20-11-6-10(19(21,22)23)7-12(8-11)24-14-2-1-4-26(16(14)27)15-9-25(18(30)31)5-3-13(15)17(28)29/h6-8,13-15,24H,1-5,9H2,(H,28,29)(H,30,31). The van der Waals surface area contributed by atoms with E-state index in [-0.39, 0.29) is 36.8 Å². The molecule has 0 spiro atoms. The number of carbonyl (C=O) groups excluding carboxylic acids is 1. The molecule has 12 heteroatoms. The van der Waals surface area contributed by atoms with Crippen molar-refractivity contribution in [3.63, 3.8) is 0 Å². The zero-order valence-corrected chi connectivity index (χ0v) is 17.0. The summed E-state index contributed by atoms with van der Waals surface area (Å²) in [7, 11) is 0. The van der Waals surface area contributed by atoms with E-state index in [1.165, 1.54) is 11.0 Å². The SMILES string of the molecule is O=C(O)C1CCN(C(=O)O)CC1N1CCCC(Nc2cc(Cl)cc(C(F)(F)F)c2)C1=O. The molecular formula is C19H21ClF3N3O5. The Morgan fingerprint density at radius 3 is 2.45 bits per heavy atom. The second-order valence-corrected chi connectivity index (χ2v) is 8.06. The lowest BCUT2D eigenvalue weighted by Gasteiger charge is -2.44. The van der Waals surface area contributed by atoms with Gasteiger partial charge in [0.05, 0.1) is 17.5 Å². The fraction of sp³-hybridized carbons (Fsp3) is 0.526. The second-order valence-electron chi connectivity index (χ2n) is 7.63. The number of likely N-dealkylation sites (tertiary alicyclic amines) is 2. The summed E-state index contributed by atoms with van der Waals surface area (Å²) in [6.07, 6.45) is -4.94. The predicted octanol–water partition coefficient (Wildman–Crippen LogP) is 3.21. The second kappa shape index (κ2) is 8.81. The molecule has 0 saturated carbocycles. The van der Waals surface area contributed by atoms with Crippen LogP contribution < -0.4 is 5.32 Å². The normalized spacial score (nSPS) is 24.8. The van der Waals surface area contributed by atoms with Crippen LogP contribution in [0.25, 0.3) is 0 Å². The van der Waals surface area contributed by atoms with Crippen LogP contribution in [0.15, 0.2) is 18.2 Å². The lowest BCUT2D eigenvalue weighted by molar-refractivity contribution is -0.151. The molecule has 1 aromatic carbocycles. The number of carbonyl (C=O) groups is 3. The summed E-state index contributed by atoms with van der Waals surface area (Å²) < 4.78 is 39.2. The van der Waals surface area contributed by atoms with Gasteiger partial charge in [-0.3, -0.25) is 9.59 Å². The van der Waals surface area contributed by atoms with Gasteiger partial charge < -0.3 is 25.3 Å². The number of rotatable bonds is 4. The van der Waals surface area contributed by atoms with Gasteiger partial charge in [-0.2, -0.15) is 13.2 Å². The topological polar surface area (TPSA) is 110 Å². The summed E-state index contributed by atoms with van der Waals surface area (Å²) >= 11 is 5.80. The van der Waals surface area contributed by atoms with Crippen molar-refractivity contribution in [2.45, 2.75) is 37.5 Å². The highest BCUT2D eigenvalue weighted by atomic mass is 35.5. The van der Waals surface area contributed by atoms with Gasteiger partial charge in [-0.15, -0.1) is 0 Å². The third-order valence-electron chi connectivity index (χ3n) is 5.61. The smallest absolute Gasteiger partial charge is 0.416 e. The number of carboxylic acid groups (broad SMARTS) is 2. The summed E-state index contributed by atoms with van der Waals surface area (Å²) in [5.41, 5.74) is -0.941. The first-order valence-corrected chi connectivity index (χ1v) is 10.0. The number of nitrogens with zero attached hydrogens (tertiary/aromatic N) is 2. The predicted molar refractivity (Wildman–Crippen MR) is 104 cm³/mol. The van der Waals surface area contributed by atoms with E-state index in [4.69, 9.17) is 11.6 Å². The summed E-state index contributed by atoms with van der Waals surface area (Å²) in [5, 5.41) is 21.4. The van der Waals surface area contributed by atoms with E-state index in [1.54, 1.807) is 0 Å². The van der Waals surface area contributed by atoms with Crippen LogP contribution in [0.5, 0.6) is 0 Å². The number of amides is 2. The van der Waals surface area contributed by atoms with Crippen LogP contribution in [-0.2, 0) is 15.8 Å². The summed E-state index contributed by atoms with van der Waals surface area (Å²) in [6, 6.07) is 1.16. The van der Waals surface area contributed by atoms with Gasteiger partial charge >= 0.3 is 18.2 Å². The molecule has 0 bridgehead atoms. The first-order chi connectivity index (χ1) is 14.5. The van der Waals surface area contributed by atoms with Crippen LogP contribution in [0.2, 0.25) is 5.02 Å². The average Bonchev–Trinajstić information content (AvgIpc) is 2.68. The van der Waals surface area contributed by atoms with Crippen LogP contribution >= 0.6 is 11.6 Å². The summed E-state index contributed by atoms with van der Waals surface area (Å²) in [4.78, 5) is 38.5. The van der Waals surface area contributed by atoms with Crippen molar-refractivity contribution in [3.05, 3.63) is 28.8 Å². The van der Waals surface area contributed by atoms with Crippen LogP contribution in [0, 0.1) is 5.92 Å². The highest BCUT2D eigenvalue weighted by Crippen LogP contribution is 2.34. The van der Waals surface area contributed by atoms with Gasteiger partial charge in [0.1, 0.15) is 6.04 Å². The Bertz CT molecular complexity index is 882. The van der Waals surface area contributed by atoms with Crippen molar-refractivity contribution < 1.29 is 37.8 Å². The molecule has 3 N–H and O–H groups in total. The first-order valence-electron chi connectivity index (χ1n) is 9.63. The molecule has 0 aliphatic carbocycles. The van der Waals surface area contributed by atoms with Crippen LogP contribution in [0.1, 0.15) is 24.8 Å². The Kier molecular flexibility index (Phi) is 6.54. The molecule has 2 aliphatic heterocycles. The lowest BCUT2D eigenvalue weighted by Crippen LogP contribution is -2.61. The molecule has 2 saturated heterocycles. The van der Waals surface area contributed by atoms with E-state index in [0.717, 1.165) is 17.0 Å². The molecule has 1 aromatic rings. The van der Waals surface area contributed by atoms with Crippen molar-refractivity contribution in [2.24, 2.45) is 5.92 Å². The van der Waals surface area contributed by atoms with Crippen molar-refractivity contribution >= 4 is 35.3 Å². The van der Waals surface area contributed by atoms with E-state index in [2.05, 4.69) is 5.32 Å². The lowest BCUT2D eigenvalue weighted by atomic mass is 9.88. The number of alkyl halides is 3. The third-order valence-corrected chi connectivity index (χ3v) is 5.83. The number of carboxylic acids is 1. The number of hydrogen-bond donors (Lipinski definition) is 3. The van der Waals surface area contributed by atoms with Gasteiger partial charge in [-0.1, -0.05) is 11.6 Å². The molecule has 31 heavy (non-hydrogen) atoms. The largest absolute Gasteiger partial charge is 0.481 e. The molecule has 170 valence electrons. The fourth-order valence-electron chi connectivity index (χ4n) is 4.11. The fourth-order valence-corrected chi connectivity index (χ4v) is 4.34. The van der Waals surface area contributed by atoms with Crippen molar-refractivity contribution in [3.8, 4) is 0 Å². The quantitative estimate of drug-likeness (QED) is 0.632. The van der Waals surface area contributed by atoms with Gasteiger partial charge in [0.2, 0.25) is 5.91 Å². The molecule has 2 aliphatic rings. The maximum atomic E-state index is 13.1. The number of piperidine rings is 2. The number of aliphatic carboxylic acids is 1. The molecule has 2 fully saturated rings. The maximum Gasteiger partial charge on any atom is 0.416 e. The highest BCUT2D eigenvalue weighted by molar-refractivity contribution is 6.31. The van der Waals surface area contributed by atoms with Crippen molar-refractivity contribution in [1.82, 2.24) is 9.80 Å². The molecule has 3 unspecified atom stereocenters. The summed E-state index contributed by atoms with van der Waals surface area (Å²) in [6.45, 7) is 0.150. The number of hydrogen-bond acceptors (Lipinski definition) is 4. The monoisotopic (exact) mass is 463 g/mol. The van der Waals surface area contributed by atoms with Gasteiger partial charge in [0.15, 0.2) is 0 Å². The Morgan fingerprint density at radius 2 is 1.84 bits per heavy atom. The van der Waals surface area contributed by atoms with Crippen molar-refractivity contribution in [2.75, 3.05) is 25.0 Å². The zero-order chi connectivity index (χ0) is 22.9. The third kappa shape index (κ3) is 5.15. The Balaban J connectivity index is 1.81. The molecule has 2 amide bonds. The number of anilines is 1. The summed E-state index contributed by atoms with van der Waals surface area (Å²) in [5.74, 6) is -2.54. The van der Waals surface area contributed by atoms with Crippen LogP contribution in [0.3, 0.4) is 0 Å². The van der Waals surface area contributed by atoms with Crippen molar-refractivity contribution in [1.29, 1.82) is 0 Å². The molecule has 0 aromatic heterocycles. The minimum absolute atomic E-state index is 0.0191. The van der Waals surface area contributed by atoms with Gasteiger partial charge in [-0.05, 0) is 37.5 Å². The molecule has 2 heterocycles. The van der Waals surface area contributed by atoms with E-state index >= 15 is 0 Å². The molecule has 3 atom stereocenters.